The number of anilines is 1. The van der Waals surface area contributed by atoms with Gasteiger partial charge in [-0.15, -0.1) is 0 Å². The fourth-order valence-corrected chi connectivity index (χ4v) is 1.73. The second-order valence-corrected chi connectivity index (χ2v) is 4.45. The summed E-state index contributed by atoms with van der Waals surface area (Å²) in [6.45, 7) is 3.95. The van der Waals surface area contributed by atoms with Crippen molar-refractivity contribution >= 4 is 11.6 Å². The molecule has 2 aromatic carbocycles. The van der Waals surface area contributed by atoms with Crippen LogP contribution in [0.5, 0.6) is 11.5 Å². The van der Waals surface area contributed by atoms with Crippen molar-refractivity contribution in [3.8, 4) is 11.5 Å². The molecule has 0 saturated heterocycles. The fraction of sp³-hybridized carbons (Fsp3) is 0.133. The van der Waals surface area contributed by atoms with Crippen LogP contribution in [0.4, 0.5) is 5.69 Å². The first-order chi connectivity index (χ1) is 8.97. The number of amides is 1. The van der Waals surface area contributed by atoms with Gasteiger partial charge in [-0.25, -0.2) is 0 Å². The molecule has 0 fully saturated rings. The van der Waals surface area contributed by atoms with E-state index in [1.807, 2.05) is 26.0 Å². The molecule has 0 bridgehead atoms. The van der Waals surface area contributed by atoms with Gasteiger partial charge >= 0.3 is 0 Å². The quantitative estimate of drug-likeness (QED) is 0.774. The lowest BCUT2D eigenvalue weighted by Crippen LogP contribution is -2.12. The van der Waals surface area contributed by atoms with Crippen LogP contribution in [0, 0.1) is 13.8 Å². The Hall–Kier alpha value is -2.49. The largest absolute Gasteiger partial charge is 0.508 e. The number of phenolic OH excluding ortho intramolecular Hbond substituents is 2. The highest BCUT2D eigenvalue weighted by atomic mass is 16.3. The van der Waals surface area contributed by atoms with E-state index in [-0.39, 0.29) is 17.1 Å². The number of carbonyl (C=O) groups excluding carboxylic acids is 1. The lowest BCUT2D eigenvalue weighted by Gasteiger charge is -2.09. The van der Waals surface area contributed by atoms with Crippen LogP contribution < -0.4 is 5.32 Å². The molecule has 0 spiro atoms. The molecule has 2 rings (SSSR count). The number of hydrogen-bond donors (Lipinski definition) is 3. The van der Waals surface area contributed by atoms with E-state index in [2.05, 4.69) is 5.32 Å². The maximum Gasteiger partial charge on any atom is 0.259 e. The minimum atomic E-state index is -0.416. The van der Waals surface area contributed by atoms with Crippen molar-refractivity contribution in [3.05, 3.63) is 53.1 Å². The maximum atomic E-state index is 12.0. The Kier molecular flexibility index (Phi) is 3.42. The minimum absolute atomic E-state index is 0.0831. The monoisotopic (exact) mass is 257 g/mol. The smallest absolute Gasteiger partial charge is 0.259 e. The van der Waals surface area contributed by atoms with E-state index in [0.717, 1.165) is 17.2 Å². The highest BCUT2D eigenvalue weighted by molar-refractivity contribution is 6.06. The lowest BCUT2D eigenvalue weighted by atomic mass is 10.1. The van der Waals surface area contributed by atoms with Crippen molar-refractivity contribution in [1.82, 2.24) is 0 Å². The van der Waals surface area contributed by atoms with E-state index in [9.17, 15) is 15.0 Å². The average Bonchev–Trinajstić information content (AvgIpc) is 2.33. The molecule has 0 heterocycles. The Balaban J connectivity index is 2.23. The summed E-state index contributed by atoms with van der Waals surface area (Å²) < 4.78 is 0. The number of aromatic hydroxyl groups is 2. The third-order valence-electron chi connectivity index (χ3n) is 2.99. The SMILES string of the molecule is Cc1ccc(NC(=O)c2ccc(O)cc2O)cc1C. The molecule has 19 heavy (non-hydrogen) atoms. The predicted molar refractivity (Wildman–Crippen MR) is 73.6 cm³/mol. The number of phenols is 2. The first kappa shape index (κ1) is 13.0. The Labute approximate surface area is 111 Å². The number of carbonyl (C=O) groups is 1. The normalized spacial score (nSPS) is 10.2. The van der Waals surface area contributed by atoms with Gasteiger partial charge in [0.15, 0.2) is 0 Å². The summed E-state index contributed by atoms with van der Waals surface area (Å²) >= 11 is 0. The molecule has 0 radical (unpaired) electrons. The summed E-state index contributed by atoms with van der Waals surface area (Å²) in [5.41, 5.74) is 3.01. The van der Waals surface area contributed by atoms with Gasteiger partial charge in [0, 0.05) is 11.8 Å². The van der Waals surface area contributed by atoms with E-state index in [4.69, 9.17) is 0 Å². The van der Waals surface area contributed by atoms with Crippen LogP contribution in [0.25, 0.3) is 0 Å². The summed E-state index contributed by atoms with van der Waals surface area (Å²) in [7, 11) is 0. The Morgan fingerprint density at radius 1 is 1.00 bits per heavy atom. The third-order valence-corrected chi connectivity index (χ3v) is 2.99. The summed E-state index contributed by atoms with van der Waals surface area (Å²) in [6, 6.07) is 9.45. The molecule has 0 aliphatic rings. The third kappa shape index (κ3) is 2.85. The number of aryl methyl sites for hydroxylation is 2. The summed E-state index contributed by atoms with van der Waals surface area (Å²) in [6.07, 6.45) is 0. The van der Waals surface area contributed by atoms with Gasteiger partial charge < -0.3 is 15.5 Å². The first-order valence-corrected chi connectivity index (χ1v) is 5.88. The number of benzene rings is 2. The van der Waals surface area contributed by atoms with Gasteiger partial charge in [0.25, 0.3) is 5.91 Å². The van der Waals surface area contributed by atoms with Crippen LogP contribution >= 0.6 is 0 Å². The van der Waals surface area contributed by atoms with E-state index < -0.39 is 5.91 Å². The van der Waals surface area contributed by atoms with Gasteiger partial charge in [0.05, 0.1) is 5.56 Å². The van der Waals surface area contributed by atoms with Crippen molar-refractivity contribution in [2.45, 2.75) is 13.8 Å². The molecule has 0 aromatic heterocycles. The molecular formula is C15H15NO3. The molecule has 4 nitrogen and oxygen atoms in total. The summed E-state index contributed by atoms with van der Waals surface area (Å²) in [4.78, 5) is 12.0. The molecule has 1 amide bonds. The van der Waals surface area contributed by atoms with Gasteiger partial charge in [0.2, 0.25) is 0 Å². The van der Waals surface area contributed by atoms with E-state index >= 15 is 0 Å². The molecule has 0 aliphatic carbocycles. The number of nitrogens with one attached hydrogen (secondary N) is 1. The van der Waals surface area contributed by atoms with E-state index in [1.54, 1.807) is 6.07 Å². The van der Waals surface area contributed by atoms with Gasteiger partial charge in [-0.3, -0.25) is 4.79 Å². The standard InChI is InChI=1S/C15H15NO3/c1-9-3-4-11(7-10(9)2)16-15(19)13-6-5-12(17)8-14(13)18/h3-8,17-18H,1-2H3,(H,16,19). The van der Waals surface area contributed by atoms with Gasteiger partial charge in [-0.05, 0) is 49.2 Å². The number of hydrogen-bond acceptors (Lipinski definition) is 3. The molecule has 98 valence electrons. The van der Waals surface area contributed by atoms with Crippen LogP contribution in [0.15, 0.2) is 36.4 Å². The predicted octanol–water partition coefficient (Wildman–Crippen LogP) is 2.97. The Morgan fingerprint density at radius 2 is 1.74 bits per heavy atom. The Bertz CT molecular complexity index is 635. The lowest BCUT2D eigenvalue weighted by molar-refractivity contribution is 0.102. The highest BCUT2D eigenvalue weighted by Crippen LogP contribution is 2.24. The van der Waals surface area contributed by atoms with Crippen molar-refractivity contribution in [3.63, 3.8) is 0 Å². The van der Waals surface area contributed by atoms with Crippen LogP contribution in [-0.2, 0) is 0 Å². The zero-order valence-electron chi connectivity index (χ0n) is 10.8. The van der Waals surface area contributed by atoms with Crippen LogP contribution in [0.1, 0.15) is 21.5 Å². The molecule has 0 atom stereocenters. The van der Waals surface area contributed by atoms with Gasteiger partial charge in [0.1, 0.15) is 11.5 Å². The van der Waals surface area contributed by atoms with E-state index in [0.29, 0.717) is 5.69 Å². The van der Waals surface area contributed by atoms with E-state index in [1.165, 1.54) is 12.1 Å². The summed E-state index contributed by atoms with van der Waals surface area (Å²) in [5.74, 6) is -0.748. The van der Waals surface area contributed by atoms with Crippen molar-refractivity contribution in [2.75, 3.05) is 5.32 Å². The molecule has 0 unspecified atom stereocenters. The average molecular weight is 257 g/mol. The van der Waals surface area contributed by atoms with Gasteiger partial charge in [-0.2, -0.15) is 0 Å². The van der Waals surface area contributed by atoms with Crippen molar-refractivity contribution in [1.29, 1.82) is 0 Å². The van der Waals surface area contributed by atoms with Crippen molar-refractivity contribution < 1.29 is 15.0 Å². The zero-order valence-corrected chi connectivity index (χ0v) is 10.8. The topological polar surface area (TPSA) is 69.6 Å². The van der Waals surface area contributed by atoms with Crippen LogP contribution in [0.2, 0.25) is 0 Å². The van der Waals surface area contributed by atoms with Crippen molar-refractivity contribution in [2.24, 2.45) is 0 Å². The molecule has 0 aliphatic heterocycles. The van der Waals surface area contributed by atoms with Gasteiger partial charge in [-0.1, -0.05) is 6.07 Å². The molecule has 3 N–H and O–H groups in total. The minimum Gasteiger partial charge on any atom is -0.508 e. The van der Waals surface area contributed by atoms with Crippen LogP contribution in [0.3, 0.4) is 0 Å². The second-order valence-electron chi connectivity index (χ2n) is 4.45. The maximum absolute atomic E-state index is 12.0. The second kappa shape index (κ2) is 5.02. The number of rotatable bonds is 2. The Morgan fingerprint density at radius 3 is 2.37 bits per heavy atom. The summed E-state index contributed by atoms with van der Waals surface area (Å²) in [5, 5.41) is 21.5. The molecule has 0 saturated carbocycles. The molecule has 4 heteroatoms. The van der Waals surface area contributed by atoms with Crippen LogP contribution in [-0.4, -0.2) is 16.1 Å². The highest BCUT2D eigenvalue weighted by Gasteiger charge is 2.12. The zero-order chi connectivity index (χ0) is 14.0. The molecular weight excluding hydrogens is 242 g/mol. The molecule has 2 aromatic rings. The first-order valence-electron chi connectivity index (χ1n) is 5.88. The fourth-order valence-electron chi connectivity index (χ4n) is 1.73.